The van der Waals surface area contributed by atoms with Crippen LogP contribution in [0.1, 0.15) is 284 Å². The molecule has 7 nitrogen and oxygen atoms in total. The second-order valence-corrected chi connectivity index (χ2v) is 18.7. The number of phosphoric ester groups is 1. The largest absolute Gasteiger partial charge is 0.469 e. The first-order valence-electron chi connectivity index (χ1n) is 25.0. The van der Waals surface area contributed by atoms with Gasteiger partial charge < -0.3 is 20.2 Å². The Morgan fingerprint density at radius 3 is 0.964 bits per heavy atom. The van der Waals surface area contributed by atoms with Crippen molar-refractivity contribution in [3.8, 4) is 0 Å². The third kappa shape index (κ3) is 44.6. The summed E-state index contributed by atoms with van der Waals surface area (Å²) in [5.74, 6) is -0.188. The summed E-state index contributed by atoms with van der Waals surface area (Å²) in [6.07, 6.45) is 52.7. The minimum absolute atomic E-state index is 0.188. The van der Waals surface area contributed by atoms with Gasteiger partial charge in [-0.1, -0.05) is 264 Å². The van der Waals surface area contributed by atoms with Crippen LogP contribution in [0.2, 0.25) is 0 Å². The Kier molecular flexibility index (Phi) is 43.7. The van der Waals surface area contributed by atoms with Crippen molar-refractivity contribution >= 4 is 13.7 Å². The molecule has 0 aromatic rings. The van der Waals surface area contributed by atoms with Crippen LogP contribution in [0.25, 0.3) is 0 Å². The summed E-state index contributed by atoms with van der Waals surface area (Å²) in [7, 11) is -4.69. The zero-order valence-electron chi connectivity index (χ0n) is 37.6. The molecule has 1 amide bonds. The molecule has 0 saturated heterocycles. The van der Waals surface area contributed by atoms with Gasteiger partial charge in [-0.25, -0.2) is 4.57 Å². The zero-order chi connectivity index (χ0) is 41.1. The van der Waals surface area contributed by atoms with E-state index >= 15 is 0 Å². The average Bonchev–Trinajstić information content (AvgIpc) is 3.17. The number of hydrogen-bond donors (Lipinski definition) is 4. The number of rotatable bonds is 47. The van der Waals surface area contributed by atoms with Crippen LogP contribution in [0.15, 0.2) is 0 Å². The minimum Gasteiger partial charge on any atom is -0.391 e. The van der Waals surface area contributed by atoms with Crippen LogP contribution in [0.4, 0.5) is 0 Å². The molecule has 0 bridgehead atoms. The van der Waals surface area contributed by atoms with Gasteiger partial charge in [-0.2, -0.15) is 0 Å². The highest BCUT2D eigenvalue weighted by molar-refractivity contribution is 7.46. The fourth-order valence-corrected chi connectivity index (χ4v) is 8.41. The lowest BCUT2D eigenvalue weighted by Crippen LogP contribution is -2.46. The SMILES string of the molecule is CCCCCCCCCCCCCCCCCCCCCCCCCCCCCCCC(=O)N[C@@H](COP(=O)(O)O)[C@H](O)CCCCCCCCCCCCC. The lowest BCUT2D eigenvalue weighted by molar-refractivity contribution is -0.123. The predicted molar refractivity (Wildman–Crippen MR) is 241 cm³/mol. The summed E-state index contributed by atoms with van der Waals surface area (Å²) in [5.41, 5.74) is 0. The third-order valence-corrected chi connectivity index (χ3v) is 12.3. The molecule has 336 valence electrons. The van der Waals surface area contributed by atoms with E-state index in [0.29, 0.717) is 12.8 Å². The molecule has 0 aromatic heterocycles. The molecule has 2 atom stereocenters. The molecule has 0 aliphatic rings. The Balaban J connectivity index is 3.64. The molecule has 0 spiro atoms. The van der Waals surface area contributed by atoms with E-state index in [4.69, 9.17) is 0 Å². The van der Waals surface area contributed by atoms with Crippen LogP contribution < -0.4 is 5.32 Å². The van der Waals surface area contributed by atoms with Crippen molar-refractivity contribution < 1.29 is 28.8 Å². The number of nitrogens with one attached hydrogen (secondary N) is 1. The maximum absolute atomic E-state index is 12.6. The molecule has 0 heterocycles. The quantitative estimate of drug-likeness (QED) is 0.0359. The molecule has 0 radical (unpaired) electrons. The van der Waals surface area contributed by atoms with E-state index in [9.17, 15) is 24.3 Å². The fraction of sp³-hybridized carbons (Fsp3) is 0.979. The third-order valence-electron chi connectivity index (χ3n) is 11.8. The standard InChI is InChI=1S/C48H98NO6P/c1-3-5-7-9-11-13-15-16-17-18-19-20-21-22-23-24-25-26-27-28-29-30-31-32-34-36-38-40-42-44-48(51)49-46(45-55-56(52,53)54)47(50)43-41-39-37-35-33-14-12-10-8-6-4-2/h46-47,50H,3-45H2,1-2H3,(H,49,51)(H2,52,53,54)/t46-,47+/m0/s1. The molecule has 0 unspecified atom stereocenters. The summed E-state index contributed by atoms with van der Waals surface area (Å²) in [6, 6.07) is -0.818. The molecule has 8 heteroatoms. The van der Waals surface area contributed by atoms with Crippen molar-refractivity contribution in [2.45, 2.75) is 296 Å². The lowest BCUT2D eigenvalue weighted by Gasteiger charge is -2.24. The maximum atomic E-state index is 12.6. The number of aliphatic hydroxyl groups excluding tert-OH is 1. The van der Waals surface area contributed by atoms with Gasteiger partial charge >= 0.3 is 7.82 Å². The molecule has 0 fully saturated rings. The summed E-state index contributed by atoms with van der Waals surface area (Å²) in [5, 5.41) is 13.5. The first-order valence-corrected chi connectivity index (χ1v) is 26.5. The van der Waals surface area contributed by atoms with Crippen molar-refractivity contribution in [1.29, 1.82) is 0 Å². The topological polar surface area (TPSA) is 116 Å². The van der Waals surface area contributed by atoms with Gasteiger partial charge in [-0.3, -0.25) is 9.32 Å². The normalized spacial score (nSPS) is 13.0. The molecule has 0 saturated carbocycles. The monoisotopic (exact) mass is 816 g/mol. The molecule has 4 N–H and O–H groups in total. The second-order valence-electron chi connectivity index (χ2n) is 17.5. The Labute approximate surface area is 349 Å². The van der Waals surface area contributed by atoms with Crippen LogP contribution in [-0.2, 0) is 13.9 Å². The number of phosphoric acid groups is 1. The molecular weight excluding hydrogens is 718 g/mol. The second kappa shape index (κ2) is 44.1. The Morgan fingerprint density at radius 1 is 0.446 bits per heavy atom. The Bertz CT molecular complexity index is 838. The van der Waals surface area contributed by atoms with Crippen molar-refractivity contribution in [3.63, 3.8) is 0 Å². The Morgan fingerprint density at radius 2 is 0.696 bits per heavy atom. The van der Waals surface area contributed by atoms with Crippen molar-refractivity contribution in [2.24, 2.45) is 0 Å². The van der Waals surface area contributed by atoms with Gasteiger partial charge in [0, 0.05) is 6.42 Å². The summed E-state index contributed by atoms with van der Waals surface area (Å²) >= 11 is 0. The fourth-order valence-electron chi connectivity index (χ4n) is 8.06. The van der Waals surface area contributed by atoms with Gasteiger partial charge in [-0.15, -0.1) is 0 Å². The van der Waals surface area contributed by atoms with Gasteiger partial charge in [0.25, 0.3) is 0 Å². The summed E-state index contributed by atoms with van der Waals surface area (Å²) in [6.45, 7) is 4.14. The van der Waals surface area contributed by atoms with E-state index < -0.39 is 26.6 Å². The Hall–Kier alpha value is -0.460. The van der Waals surface area contributed by atoms with Gasteiger partial charge in [0.2, 0.25) is 5.91 Å². The highest BCUT2D eigenvalue weighted by Gasteiger charge is 2.25. The van der Waals surface area contributed by atoms with E-state index in [1.165, 1.54) is 218 Å². The summed E-state index contributed by atoms with van der Waals surface area (Å²) in [4.78, 5) is 31.0. The smallest absolute Gasteiger partial charge is 0.391 e. The van der Waals surface area contributed by atoms with Crippen LogP contribution in [0.5, 0.6) is 0 Å². The maximum Gasteiger partial charge on any atom is 0.469 e. The molecule has 0 aromatic carbocycles. The predicted octanol–water partition coefficient (Wildman–Crippen LogP) is 15.4. The van der Waals surface area contributed by atoms with Crippen molar-refractivity contribution in [2.75, 3.05) is 6.61 Å². The van der Waals surface area contributed by atoms with Gasteiger partial charge in [0.1, 0.15) is 0 Å². The van der Waals surface area contributed by atoms with Gasteiger partial charge in [0.15, 0.2) is 0 Å². The van der Waals surface area contributed by atoms with Crippen LogP contribution in [0, 0.1) is 0 Å². The van der Waals surface area contributed by atoms with Crippen molar-refractivity contribution in [1.82, 2.24) is 5.32 Å². The van der Waals surface area contributed by atoms with E-state index in [1.807, 2.05) is 0 Å². The van der Waals surface area contributed by atoms with Gasteiger partial charge in [-0.05, 0) is 12.8 Å². The first kappa shape index (κ1) is 55.5. The van der Waals surface area contributed by atoms with Crippen LogP contribution in [0.3, 0.4) is 0 Å². The number of unbranched alkanes of at least 4 members (excludes halogenated alkanes) is 38. The first-order chi connectivity index (χ1) is 27.3. The molecule has 0 aliphatic heterocycles. The number of hydrogen-bond acceptors (Lipinski definition) is 4. The molecule has 0 aliphatic carbocycles. The van der Waals surface area contributed by atoms with Crippen LogP contribution in [-0.4, -0.2) is 39.6 Å². The van der Waals surface area contributed by atoms with Crippen LogP contribution >= 0.6 is 7.82 Å². The highest BCUT2D eigenvalue weighted by atomic mass is 31.2. The van der Waals surface area contributed by atoms with E-state index in [0.717, 1.165) is 38.5 Å². The number of carbonyl (C=O) groups is 1. The highest BCUT2D eigenvalue weighted by Crippen LogP contribution is 2.36. The van der Waals surface area contributed by atoms with E-state index in [1.54, 1.807) is 0 Å². The minimum atomic E-state index is -4.69. The number of amides is 1. The van der Waals surface area contributed by atoms with Crippen molar-refractivity contribution in [3.05, 3.63) is 0 Å². The molecule has 56 heavy (non-hydrogen) atoms. The lowest BCUT2D eigenvalue weighted by atomic mass is 10.0. The molecule has 0 rings (SSSR count). The van der Waals surface area contributed by atoms with E-state index in [2.05, 4.69) is 23.7 Å². The number of carbonyl (C=O) groups excluding carboxylic acids is 1. The summed E-state index contributed by atoms with van der Waals surface area (Å²) < 4.78 is 16.0. The molecular formula is C48H98NO6P. The number of aliphatic hydroxyl groups is 1. The average molecular weight is 816 g/mol. The van der Waals surface area contributed by atoms with Gasteiger partial charge in [0.05, 0.1) is 18.8 Å². The van der Waals surface area contributed by atoms with E-state index in [-0.39, 0.29) is 5.91 Å². The zero-order valence-corrected chi connectivity index (χ0v) is 38.5.